The highest BCUT2D eigenvalue weighted by molar-refractivity contribution is 8.13. The molecule has 2 heterocycles. The number of nitrogens with zero attached hydrogens (tertiary/aromatic N) is 4. The summed E-state index contributed by atoms with van der Waals surface area (Å²) < 4.78 is 41.6. The van der Waals surface area contributed by atoms with Crippen LogP contribution >= 0.6 is 11.8 Å². The molecule has 0 spiro atoms. The van der Waals surface area contributed by atoms with Crippen LogP contribution in [0.2, 0.25) is 0 Å². The van der Waals surface area contributed by atoms with Crippen molar-refractivity contribution in [1.82, 2.24) is 4.90 Å². The van der Waals surface area contributed by atoms with Crippen molar-refractivity contribution in [2.24, 2.45) is 0 Å². The summed E-state index contributed by atoms with van der Waals surface area (Å²) in [7, 11) is 2.39. The number of benzene rings is 2. The summed E-state index contributed by atoms with van der Waals surface area (Å²) in [4.78, 5) is 6.96. The second-order valence-corrected chi connectivity index (χ2v) is 9.60. The van der Waals surface area contributed by atoms with Crippen LogP contribution in [0.15, 0.2) is 48.5 Å². The summed E-state index contributed by atoms with van der Waals surface area (Å²) in [6, 6.07) is 18.4. The zero-order valence-electron chi connectivity index (χ0n) is 19.5. The van der Waals surface area contributed by atoms with Crippen molar-refractivity contribution >= 4 is 35.6 Å². The van der Waals surface area contributed by atoms with Gasteiger partial charge >= 0.3 is 12.4 Å². The van der Waals surface area contributed by atoms with Crippen LogP contribution in [0, 0.1) is 0 Å². The van der Waals surface area contributed by atoms with Gasteiger partial charge in [-0.25, -0.2) is 4.90 Å². The number of hydrogen-bond donors (Lipinski definition) is 0. The quantitative estimate of drug-likeness (QED) is 0.337. The van der Waals surface area contributed by atoms with Gasteiger partial charge < -0.3 is 27.1 Å². The minimum Gasteiger partial charge on any atom is -0.418 e. The van der Waals surface area contributed by atoms with E-state index in [9.17, 15) is 17.3 Å². The van der Waals surface area contributed by atoms with Gasteiger partial charge in [-0.2, -0.15) is 0 Å². The molecule has 0 N–H and O–H groups in total. The summed E-state index contributed by atoms with van der Waals surface area (Å²) >= 11 is 2.02. The second kappa shape index (κ2) is 10.7. The molecule has 2 aromatic rings. The average molecular weight is 482 g/mol. The van der Waals surface area contributed by atoms with E-state index in [-0.39, 0.29) is 6.04 Å². The molecule has 2 aliphatic heterocycles. The van der Waals surface area contributed by atoms with E-state index in [2.05, 4.69) is 96.0 Å². The molecule has 0 aliphatic carbocycles. The third-order valence-electron chi connectivity index (χ3n) is 5.70. The number of hydrogen-bond acceptors (Lipinski definition) is 4. The van der Waals surface area contributed by atoms with E-state index in [0.29, 0.717) is 0 Å². The van der Waals surface area contributed by atoms with Crippen molar-refractivity contribution in [2.45, 2.75) is 12.5 Å². The molecule has 0 saturated heterocycles. The molecule has 2 aromatic carbocycles. The molecular formula is C23H31BF4N4S. The first kappa shape index (κ1) is 25.3. The number of anilines is 2. The third-order valence-corrected chi connectivity index (χ3v) is 6.84. The molecule has 0 aromatic heterocycles. The fourth-order valence-corrected chi connectivity index (χ4v) is 5.36. The molecule has 4 nitrogen and oxygen atoms in total. The van der Waals surface area contributed by atoms with Crippen molar-refractivity contribution < 1.29 is 21.8 Å². The number of thioether (sulfide) groups is 1. The molecule has 0 saturated carbocycles. The van der Waals surface area contributed by atoms with Crippen LogP contribution in [-0.2, 0) is 0 Å². The highest BCUT2D eigenvalue weighted by Crippen LogP contribution is 2.35. The van der Waals surface area contributed by atoms with Crippen LogP contribution in [0.5, 0.6) is 0 Å². The predicted octanol–water partition coefficient (Wildman–Crippen LogP) is 5.03. The summed E-state index contributed by atoms with van der Waals surface area (Å²) in [6.07, 6.45) is 1.23. The maximum absolute atomic E-state index is 9.75. The van der Waals surface area contributed by atoms with Gasteiger partial charge in [0.15, 0.2) is 0 Å². The maximum atomic E-state index is 9.75. The Morgan fingerprint density at radius 1 is 0.818 bits per heavy atom. The average Bonchev–Trinajstić information content (AvgIpc) is 3.23. The topological polar surface area (TPSA) is 12.7 Å². The summed E-state index contributed by atoms with van der Waals surface area (Å²) in [6.45, 7) is 3.50. The Labute approximate surface area is 198 Å². The van der Waals surface area contributed by atoms with E-state index in [1.54, 1.807) is 0 Å². The fourth-order valence-electron chi connectivity index (χ4n) is 4.14. The smallest absolute Gasteiger partial charge is 0.418 e. The molecule has 0 unspecified atom stereocenters. The molecule has 0 bridgehead atoms. The molecule has 33 heavy (non-hydrogen) atoms. The van der Waals surface area contributed by atoms with E-state index >= 15 is 0 Å². The summed E-state index contributed by atoms with van der Waals surface area (Å²) in [5, 5.41) is 1.46. The Morgan fingerprint density at radius 2 is 1.27 bits per heavy atom. The Hall–Kier alpha value is -2.36. The number of halogens is 4. The van der Waals surface area contributed by atoms with Crippen molar-refractivity contribution in [3.63, 3.8) is 0 Å². The second-order valence-electron chi connectivity index (χ2n) is 8.53. The molecule has 2 aliphatic rings. The molecule has 10 heteroatoms. The maximum Gasteiger partial charge on any atom is 0.673 e. The lowest BCUT2D eigenvalue weighted by molar-refractivity contribution is -0.528. The SMILES string of the molecule is CN(C)c1ccc(C(c2ccc(N(C)C)cc2)N2CCC[N+]3=C2SCC3)cc1.F[B-](F)(F)F. The number of rotatable bonds is 5. The standard InChI is InChI=1S/C23H31N4S.BF4/c1-24(2)20-10-6-18(7-11-20)22(19-8-12-21(13-9-19)25(3)4)27-15-5-14-26-16-17-28-23(26)27;2-1(3,4)5/h6-13,22H,5,14-17H2,1-4H3;/q+1;-1. The van der Waals surface area contributed by atoms with Crippen LogP contribution in [0.1, 0.15) is 23.6 Å². The van der Waals surface area contributed by atoms with Gasteiger partial charge in [0, 0.05) is 62.9 Å². The largest absolute Gasteiger partial charge is 0.673 e. The van der Waals surface area contributed by atoms with E-state index in [4.69, 9.17) is 0 Å². The van der Waals surface area contributed by atoms with Crippen LogP contribution in [0.25, 0.3) is 0 Å². The van der Waals surface area contributed by atoms with Crippen molar-refractivity contribution in [2.75, 3.05) is 63.4 Å². The summed E-state index contributed by atoms with van der Waals surface area (Å²) in [5.41, 5.74) is 5.22. The number of amidine groups is 1. The van der Waals surface area contributed by atoms with Crippen molar-refractivity contribution in [3.05, 3.63) is 59.7 Å². The molecule has 0 radical (unpaired) electrons. The van der Waals surface area contributed by atoms with Gasteiger partial charge in [-0.3, -0.25) is 4.58 Å². The lowest BCUT2D eigenvalue weighted by Gasteiger charge is -2.31. The Bertz CT molecular complexity index is 889. The van der Waals surface area contributed by atoms with Crippen LogP contribution < -0.4 is 9.80 Å². The van der Waals surface area contributed by atoms with E-state index in [0.717, 1.165) is 6.54 Å². The highest BCUT2D eigenvalue weighted by atomic mass is 32.2. The molecule has 0 atom stereocenters. The molecule has 0 amide bonds. The monoisotopic (exact) mass is 482 g/mol. The Balaban J connectivity index is 0.000000555. The first-order valence-corrected chi connectivity index (χ1v) is 12.0. The Morgan fingerprint density at radius 3 is 1.70 bits per heavy atom. The molecule has 0 fully saturated rings. The van der Waals surface area contributed by atoms with Crippen LogP contribution in [0.3, 0.4) is 0 Å². The van der Waals surface area contributed by atoms with Gasteiger partial charge in [0.25, 0.3) is 0 Å². The van der Waals surface area contributed by atoms with Gasteiger partial charge in [-0.1, -0.05) is 24.3 Å². The minimum absolute atomic E-state index is 0.260. The molecular weight excluding hydrogens is 451 g/mol. The van der Waals surface area contributed by atoms with Gasteiger partial charge in [0.05, 0.1) is 19.6 Å². The van der Waals surface area contributed by atoms with Crippen molar-refractivity contribution in [1.29, 1.82) is 0 Å². The van der Waals surface area contributed by atoms with Gasteiger partial charge in [-0.15, -0.1) is 0 Å². The van der Waals surface area contributed by atoms with Crippen molar-refractivity contribution in [3.8, 4) is 0 Å². The zero-order chi connectivity index (χ0) is 24.2. The predicted molar refractivity (Wildman–Crippen MR) is 132 cm³/mol. The van der Waals surface area contributed by atoms with E-state index in [1.165, 1.54) is 52.9 Å². The summed E-state index contributed by atoms with van der Waals surface area (Å²) in [5.74, 6) is 1.21. The van der Waals surface area contributed by atoms with Gasteiger partial charge in [0.2, 0.25) is 0 Å². The van der Waals surface area contributed by atoms with Gasteiger partial charge in [0.1, 0.15) is 6.04 Å². The fraction of sp³-hybridized carbons (Fsp3) is 0.435. The lowest BCUT2D eigenvalue weighted by Crippen LogP contribution is -2.42. The van der Waals surface area contributed by atoms with Gasteiger partial charge in [-0.05, 0) is 36.0 Å². The first-order valence-electron chi connectivity index (χ1n) is 11.0. The van der Waals surface area contributed by atoms with Crippen LogP contribution in [-0.4, -0.2) is 75.5 Å². The first-order chi connectivity index (χ1) is 15.5. The third kappa shape index (κ3) is 6.82. The van der Waals surface area contributed by atoms with Crippen LogP contribution in [0.4, 0.5) is 28.6 Å². The van der Waals surface area contributed by atoms with E-state index < -0.39 is 7.25 Å². The highest BCUT2D eigenvalue weighted by Gasteiger charge is 2.38. The molecule has 180 valence electrons. The van der Waals surface area contributed by atoms with E-state index in [1.807, 2.05) is 11.8 Å². The lowest BCUT2D eigenvalue weighted by atomic mass is 9.96. The zero-order valence-corrected chi connectivity index (χ0v) is 20.3. The molecule has 4 rings (SSSR count). The minimum atomic E-state index is -6.00. The Kier molecular flexibility index (Phi) is 8.21. The normalized spacial score (nSPS) is 15.8.